The zero-order valence-electron chi connectivity index (χ0n) is 5.97. The summed E-state index contributed by atoms with van der Waals surface area (Å²) in [5, 5.41) is 0. The van der Waals surface area contributed by atoms with Crippen LogP contribution in [0.15, 0.2) is 11.8 Å². The molecule has 0 aromatic carbocycles. The lowest BCUT2D eigenvalue weighted by molar-refractivity contribution is -0.119. The predicted molar refractivity (Wildman–Crippen MR) is 38.5 cm³/mol. The van der Waals surface area contributed by atoms with Gasteiger partial charge in [0.15, 0.2) is 5.78 Å². The molecule has 54 valence electrons. The minimum atomic E-state index is 0.366. The molecule has 0 amide bonds. The minimum absolute atomic E-state index is 0.366. The van der Waals surface area contributed by atoms with Gasteiger partial charge in [-0.05, 0) is 12.8 Å². The van der Waals surface area contributed by atoms with Gasteiger partial charge in [-0.1, -0.05) is 6.08 Å². The molecular weight excluding hydrogens is 126 g/mol. The van der Waals surface area contributed by atoms with Crippen molar-refractivity contribution in [2.75, 3.05) is 13.1 Å². The summed E-state index contributed by atoms with van der Waals surface area (Å²) in [6.45, 7) is 1.77. The van der Waals surface area contributed by atoms with Gasteiger partial charge in [0, 0.05) is 18.7 Å². The van der Waals surface area contributed by atoms with Crippen molar-refractivity contribution in [2.24, 2.45) is 0 Å². The summed E-state index contributed by atoms with van der Waals surface area (Å²) < 4.78 is 0. The van der Waals surface area contributed by atoms with Crippen molar-refractivity contribution in [3.63, 3.8) is 0 Å². The molecule has 0 atom stereocenters. The van der Waals surface area contributed by atoms with E-state index in [1.807, 2.05) is 0 Å². The second-order valence-electron chi connectivity index (χ2n) is 2.96. The van der Waals surface area contributed by atoms with Gasteiger partial charge in [0.2, 0.25) is 0 Å². The zero-order valence-corrected chi connectivity index (χ0v) is 5.97. The fraction of sp³-hybridized carbons (Fsp3) is 0.625. The second kappa shape index (κ2) is 2.11. The van der Waals surface area contributed by atoms with Gasteiger partial charge in [0.1, 0.15) is 0 Å². The van der Waals surface area contributed by atoms with E-state index in [2.05, 4.69) is 11.0 Å². The molecule has 2 heteroatoms. The average molecular weight is 137 g/mol. The van der Waals surface area contributed by atoms with Gasteiger partial charge >= 0.3 is 0 Å². The van der Waals surface area contributed by atoms with Crippen LogP contribution < -0.4 is 0 Å². The first kappa shape index (κ1) is 5.96. The summed E-state index contributed by atoms with van der Waals surface area (Å²) in [6.07, 6.45) is 5.18. The Hall–Kier alpha value is -0.790. The largest absolute Gasteiger partial charge is 0.368 e. The van der Waals surface area contributed by atoms with Crippen LogP contribution in [0.4, 0.5) is 0 Å². The summed E-state index contributed by atoms with van der Waals surface area (Å²) in [4.78, 5) is 13.1. The standard InChI is InChI=1S/C8H11NO/c10-8-4-3-7-2-1-5-9(7)6-8/h3H,1-2,4-6H2. The Labute approximate surface area is 60.5 Å². The molecule has 2 nitrogen and oxygen atoms in total. The van der Waals surface area contributed by atoms with E-state index in [-0.39, 0.29) is 0 Å². The molecule has 0 saturated carbocycles. The minimum Gasteiger partial charge on any atom is -0.368 e. The highest BCUT2D eigenvalue weighted by molar-refractivity contribution is 5.83. The van der Waals surface area contributed by atoms with Crippen molar-refractivity contribution in [2.45, 2.75) is 19.3 Å². The van der Waals surface area contributed by atoms with Gasteiger partial charge in [-0.15, -0.1) is 0 Å². The number of ketones is 1. The van der Waals surface area contributed by atoms with Crippen molar-refractivity contribution in [3.8, 4) is 0 Å². The molecule has 1 fully saturated rings. The Kier molecular flexibility index (Phi) is 1.26. The molecule has 0 unspecified atom stereocenters. The summed E-state index contributed by atoms with van der Waals surface area (Å²) >= 11 is 0. The summed E-state index contributed by atoms with van der Waals surface area (Å²) in [7, 11) is 0. The van der Waals surface area contributed by atoms with E-state index < -0.39 is 0 Å². The first-order chi connectivity index (χ1) is 4.86. The van der Waals surface area contributed by atoms with Gasteiger partial charge in [-0.2, -0.15) is 0 Å². The molecule has 0 bridgehead atoms. The number of rotatable bonds is 0. The topological polar surface area (TPSA) is 20.3 Å². The Morgan fingerprint density at radius 1 is 1.50 bits per heavy atom. The first-order valence-electron chi connectivity index (χ1n) is 3.82. The second-order valence-corrected chi connectivity index (χ2v) is 2.96. The lowest BCUT2D eigenvalue weighted by Gasteiger charge is -2.22. The Balaban J connectivity index is 2.20. The molecule has 0 aromatic rings. The van der Waals surface area contributed by atoms with Crippen molar-refractivity contribution in [3.05, 3.63) is 11.8 Å². The van der Waals surface area contributed by atoms with Gasteiger partial charge in [0.05, 0.1) is 6.54 Å². The monoisotopic (exact) mass is 137 g/mol. The van der Waals surface area contributed by atoms with Crippen LogP contribution in [-0.2, 0) is 4.79 Å². The molecule has 10 heavy (non-hydrogen) atoms. The lowest BCUT2D eigenvalue weighted by Crippen LogP contribution is -2.28. The van der Waals surface area contributed by atoms with Crippen LogP contribution in [0, 0.1) is 0 Å². The molecule has 2 aliphatic rings. The average Bonchev–Trinajstić information content (AvgIpc) is 2.33. The molecule has 2 heterocycles. The van der Waals surface area contributed by atoms with E-state index in [0.717, 1.165) is 6.54 Å². The van der Waals surface area contributed by atoms with Crippen molar-refractivity contribution < 1.29 is 4.79 Å². The molecule has 0 radical (unpaired) electrons. The molecule has 1 saturated heterocycles. The maximum atomic E-state index is 10.9. The number of fused-ring (bicyclic) bond motifs is 1. The number of hydrogen-bond donors (Lipinski definition) is 0. The van der Waals surface area contributed by atoms with E-state index in [4.69, 9.17) is 0 Å². The van der Waals surface area contributed by atoms with Gasteiger partial charge in [0.25, 0.3) is 0 Å². The Morgan fingerprint density at radius 3 is 3.30 bits per heavy atom. The molecule has 0 N–H and O–H groups in total. The molecular formula is C8H11NO. The molecule has 0 spiro atoms. The number of carbonyl (C=O) groups excluding carboxylic acids is 1. The summed E-state index contributed by atoms with van der Waals surface area (Å²) in [5.41, 5.74) is 1.40. The van der Waals surface area contributed by atoms with E-state index in [9.17, 15) is 4.79 Å². The predicted octanol–water partition coefficient (Wildman–Crippen LogP) is 0.939. The van der Waals surface area contributed by atoms with Crippen LogP contribution in [0.1, 0.15) is 19.3 Å². The van der Waals surface area contributed by atoms with Gasteiger partial charge < -0.3 is 4.90 Å². The number of Topliss-reactive ketones (excluding diaryl/α,β-unsaturated/α-hetero) is 1. The highest BCUT2D eigenvalue weighted by atomic mass is 16.1. The molecule has 0 aliphatic carbocycles. The van der Waals surface area contributed by atoms with Crippen molar-refractivity contribution >= 4 is 5.78 Å². The Bertz CT molecular complexity index is 195. The van der Waals surface area contributed by atoms with Crippen LogP contribution in [0.25, 0.3) is 0 Å². The number of nitrogens with zero attached hydrogens (tertiary/aromatic N) is 1. The van der Waals surface area contributed by atoms with Crippen molar-refractivity contribution in [1.82, 2.24) is 4.90 Å². The highest BCUT2D eigenvalue weighted by Crippen LogP contribution is 2.23. The van der Waals surface area contributed by atoms with Gasteiger partial charge in [-0.3, -0.25) is 4.79 Å². The van der Waals surface area contributed by atoms with Crippen LogP contribution in [-0.4, -0.2) is 23.8 Å². The SMILES string of the molecule is O=C1CC=C2CCCN2C1. The maximum Gasteiger partial charge on any atom is 0.155 e. The molecule has 2 rings (SSSR count). The smallest absolute Gasteiger partial charge is 0.155 e. The number of carbonyl (C=O) groups is 1. The fourth-order valence-electron chi connectivity index (χ4n) is 1.67. The maximum absolute atomic E-state index is 10.9. The first-order valence-corrected chi connectivity index (χ1v) is 3.82. The van der Waals surface area contributed by atoms with Crippen LogP contribution in [0.5, 0.6) is 0 Å². The lowest BCUT2D eigenvalue weighted by atomic mass is 10.1. The zero-order chi connectivity index (χ0) is 6.97. The third-order valence-electron chi connectivity index (χ3n) is 2.20. The fourth-order valence-corrected chi connectivity index (χ4v) is 1.67. The third kappa shape index (κ3) is 0.838. The van der Waals surface area contributed by atoms with Gasteiger partial charge in [-0.25, -0.2) is 0 Å². The van der Waals surface area contributed by atoms with E-state index in [0.29, 0.717) is 18.7 Å². The van der Waals surface area contributed by atoms with Crippen LogP contribution in [0.3, 0.4) is 0 Å². The third-order valence-corrected chi connectivity index (χ3v) is 2.20. The van der Waals surface area contributed by atoms with E-state index in [1.54, 1.807) is 0 Å². The quantitative estimate of drug-likeness (QED) is 0.495. The summed E-state index contributed by atoms with van der Waals surface area (Å²) in [6, 6.07) is 0. The van der Waals surface area contributed by atoms with E-state index >= 15 is 0 Å². The molecule has 2 aliphatic heterocycles. The summed E-state index contributed by atoms with van der Waals surface area (Å²) in [5.74, 6) is 0.366. The number of allylic oxidation sites excluding steroid dienone is 2. The molecule has 0 aromatic heterocycles. The highest BCUT2D eigenvalue weighted by Gasteiger charge is 2.22. The normalized spacial score (nSPS) is 24.6. The van der Waals surface area contributed by atoms with Crippen molar-refractivity contribution in [1.29, 1.82) is 0 Å². The van der Waals surface area contributed by atoms with E-state index in [1.165, 1.54) is 18.5 Å². The number of hydrogen-bond acceptors (Lipinski definition) is 2. The Morgan fingerprint density at radius 2 is 2.40 bits per heavy atom. The van der Waals surface area contributed by atoms with Crippen LogP contribution in [0.2, 0.25) is 0 Å². The van der Waals surface area contributed by atoms with Crippen LogP contribution >= 0.6 is 0 Å².